The van der Waals surface area contributed by atoms with Crippen molar-refractivity contribution in [2.45, 2.75) is 142 Å². The molecule has 2 aromatic heterocycles. The number of amides is 7. The largest absolute Gasteiger partial charge is 0.471 e. The number of aromatic amines is 1. The minimum atomic E-state index is -5.40. The zero-order valence-electron chi connectivity index (χ0n) is 46.5. The lowest BCUT2D eigenvalue weighted by molar-refractivity contribution is -0.170. The maximum absolute atomic E-state index is 14.0. The molecule has 28 heteroatoms. The van der Waals surface area contributed by atoms with Gasteiger partial charge in [-0.3, -0.25) is 48.8 Å². The maximum Gasteiger partial charge on any atom is 0.471 e. The summed E-state index contributed by atoms with van der Waals surface area (Å²) in [4.78, 5) is 144. The van der Waals surface area contributed by atoms with Crippen molar-refractivity contribution in [2.75, 3.05) is 37.5 Å². The van der Waals surface area contributed by atoms with Crippen molar-refractivity contribution in [3.63, 3.8) is 0 Å². The Morgan fingerprint density at radius 1 is 0.707 bits per heavy atom. The highest BCUT2D eigenvalue weighted by Crippen LogP contribution is 2.26. The van der Waals surface area contributed by atoms with Gasteiger partial charge >= 0.3 is 30.1 Å². The van der Waals surface area contributed by atoms with Crippen molar-refractivity contribution in [3.05, 3.63) is 85.5 Å². The number of benzene rings is 2. The highest BCUT2D eigenvalue weighted by atomic mass is 127. The van der Waals surface area contributed by atoms with Crippen LogP contribution < -0.4 is 42.4 Å². The number of alkyl carbamates (subject to hydrolysis) is 1. The zero-order valence-corrected chi connectivity index (χ0v) is 48.7. The normalized spacial score (nSPS) is 12.5. The number of unbranched alkanes of at least 4 members (excludes halogenated alkanes) is 2. The molecular weight excluding hydrogens is 1190 g/mol. The molecule has 4 rings (SSSR count). The number of fused-ring (bicyclic) bond motifs is 1. The van der Waals surface area contributed by atoms with Crippen molar-refractivity contribution in [2.24, 2.45) is 5.92 Å². The SMILES string of the molecule is COC(=O)C(CCC(=O)NC(CCCCNC(=O)OC(C)(C)C)C(=O)NC(CCCCNC(=O)CCCc1ccc(I)cc1)C(=O)OC)NC(=O)c1ccc(N(Cc2cnc3nc(NC(=O)C(C)C)[nH]c(=O)c3n2)C(=O)C(F)(F)F)cc1. The van der Waals surface area contributed by atoms with Gasteiger partial charge in [0.1, 0.15) is 23.7 Å². The monoisotopic (exact) mass is 1260 g/mol. The van der Waals surface area contributed by atoms with E-state index >= 15 is 0 Å². The minimum Gasteiger partial charge on any atom is -0.467 e. The summed E-state index contributed by atoms with van der Waals surface area (Å²) in [5.41, 5.74) is -1.97. The number of hydrogen-bond donors (Lipinski definition) is 7. The van der Waals surface area contributed by atoms with Crippen LogP contribution in [0.15, 0.2) is 59.5 Å². The molecule has 2 aromatic carbocycles. The fraction of sp³-hybridized carbons (Fsp3) is 0.500. The number of anilines is 2. The number of hydrogen-bond acceptors (Lipinski definition) is 16. The number of nitrogens with one attached hydrogen (secondary N) is 7. The second-order valence-corrected chi connectivity index (χ2v) is 21.3. The molecule has 0 saturated heterocycles. The highest BCUT2D eigenvalue weighted by Gasteiger charge is 2.43. The van der Waals surface area contributed by atoms with E-state index < -0.39 is 107 Å². The summed E-state index contributed by atoms with van der Waals surface area (Å²) in [6.45, 7) is 7.93. The topological polar surface area (TPSA) is 328 Å². The van der Waals surface area contributed by atoms with Crippen molar-refractivity contribution >= 4 is 98.9 Å². The number of H-pyrrole nitrogens is 1. The Balaban J connectivity index is 1.41. The van der Waals surface area contributed by atoms with Crippen LogP contribution in [-0.2, 0) is 60.7 Å². The van der Waals surface area contributed by atoms with Gasteiger partial charge < -0.3 is 40.8 Å². The molecule has 2 heterocycles. The summed E-state index contributed by atoms with van der Waals surface area (Å²) in [6.07, 6.45) is -2.54. The molecule has 3 atom stereocenters. The average molecular weight is 1260 g/mol. The van der Waals surface area contributed by atoms with Crippen LogP contribution in [0.25, 0.3) is 11.2 Å². The van der Waals surface area contributed by atoms with E-state index in [4.69, 9.17) is 14.2 Å². The molecule has 0 aliphatic rings. The number of ether oxygens (including phenoxy) is 3. The second kappa shape index (κ2) is 32.0. The zero-order chi connectivity index (χ0) is 60.7. The molecule has 7 amide bonds. The number of methoxy groups -OCH3 is 2. The van der Waals surface area contributed by atoms with E-state index in [0.29, 0.717) is 38.6 Å². The van der Waals surface area contributed by atoms with Crippen LogP contribution in [0, 0.1) is 9.49 Å². The summed E-state index contributed by atoms with van der Waals surface area (Å²) in [5.74, 6) is -7.79. The van der Waals surface area contributed by atoms with Crippen LogP contribution in [0.2, 0.25) is 0 Å². The molecule has 3 unspecified atom stereocenters. The molecule has 0 radical (unpaired) electrons. The van der Waals surface area contributed by atoms with E-state index in [2.05, 4.69) is 74.4 Å². The smallest absolute Gasteiger partial charge is 0.467 e. The van der Waals surface area contributed by atoms with Gasteiger partial charge in [0.05, 0.1) is 32.7 Å². The number of carbonyl (C=O) groups is 9. The molecule has 0 bridgehead atoms. The van der Waals surface area contributed by atoms with E-state index in [0.717, 1.165) is 60.2 Å². The molecule has 0 aliphatic heterocycles. The molecule has 0 saturated carbocycles. The summed E-state index contributed by atoms with van der Waals surface area (Å²) >= 11 is 2.22. The second-order valence-electron chi connectivity index (χ2n) is 20.1. The molecule has 0 spiro atoms. The Morgan fingerprint density at radius 3 is 1.91 bits per heavy atom. The van der Waals surface area contributed by atoms with Crippen molar-refractivity contribution < 1.29 is 70.5 Å². The van der Waals surface area contributed by atoms with Crippen molar-refractivity contribution in [1.82, 2.24) is 46.5 Å². The van der Waals surface area contributed by atoms with E-state index in [1.165, 1.54) is 0 Å². The molecular formula is C54H69F3IN11O13. The fourth-order valence-electron chi connectivity index (χ4n) is 7.72. The lowest BCUT2D eigenvalue weighted by atomic mass is 10.0. The number of alkyl halides is 3. The van der Waals surface area contributed by atoms with Crippen molar-refractivity contribution in [3.8, 4) is 0 Å². The Bertz CT molecular complexity index is 2940. The molecule has 7 N–H and O–H groups in total. The van der Waals surface area contributed by atoms with Gasteiger partial charge in [0.2, 0.25) is 29.6 Å². The van der Waals surface area contributed by atoms with Gasteiger partial charge in [0, 0.05) is 46.7 Å². The number of halogens is 4. The lowest BCUT2D eigenvalue weighted by Gasteiger charge is -2.24. The summed E-state index contributed by atoms with van der Waals surface area (Å²) in [6, 6.07) is 8.35. The van der Waals surface area contributed by atoms with E-state index in [1.807, 2.05) is 24.3 Å². The first kappa shape index (κ1) is 66.7. The summed E-state index contributed by atoms with van der Waals surface area (Å²) in [7, 11) is 2.18. The van der Waals surface area contributed by atoms with Crippen LogP contribution >= 0.6 is 22.6 Å². The number of rotatable bonds is 29. The van der Waals surface area contributed by atoms with Crippen LogP contribution in [0.3, 0.4) is 0 Å². The van der Waals surface area contributed by atoms with E-state index in [1.54, 1.807) is 34.6 Å². The maximum atomic E-state index is 14.0. The molecule has 0 fully saturated rings. The Labute approximate surface area is 484 Å². The standard InChI is InChI=1S/C54H69F3IN11O13/c1-31(2)44(72)67-51-66-43-42(47(75)68-51)62-35(29-61-43)30-69(50(78)54(55,56)57)36-23-19-33(20-24-36)45(73)64-39(49(77)81-7)25-26-41(71)63-37(14-8-11-28-60-52(79)82-53(3,4)5)46(74)65-38(48(76)80-6)15-9-10-27-59-40(70)16-12-13-32-17-21-34(58)22-18-32/h17-24,29,31,37-39H,8-16,25-28,30H2,1-7H3,(H,59,70)(H,60,79)(H,63,71)(H,64,73)(H,65,74)(H2,61,66,67,68,72,75). The Morgan fingerprint density at radius 2 is 1.32 bits per heavy atom. The van der Waals surface area contributed by atoms with Crippen molar-refractivity contribution in [1.29, 1.82) is 0 Å². The third kappa shape index (κ3) is 22.6. The number of nitrogens with zero attached hydrogens (tertiary/aromatic N) is 4. The highest BCUT2D eigenvalue weighted by molar-refractivity contribution is 14.1. The van der Waals surface area contributed by atoms with Gasteiger partial charge in [-0.15, -0.1) is 0 Å². The summed E-state index contributed by atoms with van der Waals surface area (Å²) < 4.78 is 58.1. The third-order valence-corrected chi connectivity index (χ3v) is 12.7. The third-order valence-electron chi connectivity index (χ3n) is 12.0. The molecule has 82 heavy (non-hydrogen) atoms. The summed E-state index contributed by atoms with van der Waals surface area (Å²) in [5, 5.41) is 15.6. The van der Waals surface area contributed by atoms with Crippen LogP contribution in [0.4, 0.5) is 29.6 Å². The first-order valence-corrected chi connectivity index (χ1v) is 27.4. The van der Waals surface area contributed by atoms with Gasteiger partial charge in [-0.2, -0.15) is 18.2 Å². The van der Waals surface area contributed by atoms with Crippen LogP contribution in [0.1, 0.15) is 120 Å². The molecule has 0 aliphatic carbocycles. The molecule has 446 valence electrons. The van der Waals surface area contributed by atoms with Gasteiger partial charge in [-0.05, 0) is 143 Å². The number of carbonyl (C=O) groups excluding carboxylic acids is 9. The van der Waals surface area contributed by atoms with Gasteiger partial charge in [-0.1, -0.05) is 26.0 Å². The minimum absolute atomic E-state index is 0.0184. The quantitative estimate of drug-likeness (QED) is 0.0159. The van der Waals surface area contributed by atoms with Crippen LogP contribution in [-0.4, -0.2) is 131 Å². The first-order valence-electron chi connectivity index (χ1n) is 26.3. The van der Waals surface area contributed by atoms with E-state index in [9.17, 15) is 61.1 Å². The Kier molecular flexibility index (Phi) is 26.0. The Hall–Kier alpha value is -7.79. The molecule has 24 nitrogen and oxygen atoms in total. The first-order chi connectivity index (χ1) is 38.7. The van der Waals surface area contributed by atoms with Gasteiger partial charge in [0.25, 0.3) is 11.5 Å². The predicted molar refractivity (Wildman–Crippen MR) is 301 cm³/mol. The number of esters is 2. The van der Waals surface area contributed by atoms with E-state index in [-0.39, 0.29) is 71.6 Å². The van der Waals surface area contributed by atoms with Crippen LogP contribution in [0.5, 0.6) is 0 Å². The molecule has 4 aromatic rings. The van der Waals surface area contributed by atoms with Gasteiger partial charge in [0.15, 0.2) is 11.2 Å². The van der Waals surface area contributed by atoms with Gasteiger partial charge in [-0.25, -0.2) is 24.4 Å². The average Bonchev–Trinajstić information content (AvgIpc) is 3.45. The fourth-order valence-corrected chi connectivity index (χ4v) is 8.08. The predicted octanol–water partition coefficient (Wildman–Crippen LogP) is 5.21. The number of aromatic nitrogens is 4. The number of aryl methyl sites for hydroxylation is 1. The lowest BCUT2D eigenvalue weighted by Crippen LogP contribution is -2.52.